The van der Waals surface area contributed by atoms with Crippen LogP contribution in [-0.2, 0) is 13.1 Å². The zero-order chi connectivity index (χ0) is 24.4. The van der Waals surface area contributed by atoms with Crippen LogP contribution >= 0.6 is 12.2 Å². The topological polar surface area (TPSA) is 75.8 Å². The highest BCUT2D eigenvalue weighted by Crippen LogP contribution is 2.33. The number of rotatable bonds is 6. The van der Waals surface area contributed by atoms with Crippen molar-refractivity contribution < 1.29 is 18.6 Å². The molecule has 0 saturated carbocycles. The van der Waals surface area contributed by atoms with Gasteiger partial charge in [0.15, 0.2) is 16.6 Å². The van der Waals surface area contributed by atoms with Crippen LogP contribution in [0.2, 0.25) is 0 Å². The second kappa shape index (κ2) is 9.63. The molecule has 0 saturated heterocycles. The highest BCUT2D eigenvalue weighted by atomic mass is 32.1. The molecule has 4 aromatic rings. The van der Waals surface area contributed by atoms with Gasteiger partial charge in [-0.05, 0) is 78.4 Å². The van der Waals surface area contributed by atoms with Gasteiger partial charge in [0.05, 0.1) is 13.7 Å². The number of anilines is 1. The van der Waals surface area contributed by atoms with E-state index in [-0.39, 0.29) is 24.7 Å². The summed E-state index contributed by atoms with van der Waals surface area (Å²) >= 11 is 5.70. The van der Waals surface area contributed by atoms with Crippen molar-refractivity contribution in [2.45, 2.75) is 13.1 Å². The Morgan fingerprint density at radius 1 is 1.06 bits per heavy atom. The van der Waals surface area contributed by atoms with Crippen LogP contribution in [0.5, 0.6) is 17.2 Å². The maximum absolute atomic E-state index is 13.4. The molecule has 178 valence electrons. The minimum Gasteiger partial charge on any atom is -0.497 e. The second-order valence-electron chi connectivity index (χ2n) is 8.06. The predicted molar refractivity (Wildman–Crippen MR) is 136 cm³/mol. The number of hydrogen-bond donors (Lipinski definition) is 2. The van der Waals surface area contributed by atoms with Crippen molar-refractivity contribution >= 4 is 33.9 Å². The van der Waals surface area contributed by atoms with Crippen LogP contribution < -0.4 is 25.1 Å². The quantitative estimate of drug-likeness (QED) is 0.375. The Labute approximate surface area is 206 Å². The molecule has 35 heavy (non-hydrogen) atoms. The lowest BCUT2D eigenvalue weighted by atomic mass is 10.1. The molecule has 3 aromatic carbocycles. The number of methoxy groups -OCH3 is 1. The number of nitrogens with zero attached hydrogens (tertiary/aromatic N) is 1. The van der Waals surface area contributed by atoms with E-state index in [9.17, 15) is 9.18 Å². The van der Waals surface area contributed by atoms with Crippen molar-refractivity contribution in [2.75, 3.05) is 19.2 Å². The maximum Gasteiger partial charge on any atom is 0.253 e. The van der Waals surface area contributed by atoms with Crippen LogP contribution in [-0.4, -0.2) is 28.9 Å². The van der Waals surface area contributed by atoms with Gasteiger partial charge in [0.25, 0.3) is 5.56 Å². The van der Waals surface area contributed by atoms with Gasteiger partial charge in [-0.25, -0.2) is 4.39 Å². The molecule has 2 N–H and O–H groups in total. The van der Waals surface area contributed by atoms with Crippen molar-refractivity contribution in [1.82, 2.24) is 9.88 Å². The van der Waals surface area contributed by atoms with Crippen molar-refractivity contribution in [3.8, 4) is 17.2 Å². The van der Waals surface area contributed by atoms with Crippen LogP contribution in [0.25, 0.3) is 10.9 Å². The maximum atomic E-state index is 13.4. The Kier molecular flexibility index (Phi) is 6.24. The molecular formula is C26H22FN3O4S. The zero-order valence-corrected chi connectivity index (χ0v) is 19.7. The first-order chi connectivity index (χ1) is 17.0. The normalized spacial score (nSPS) is 11.9. The van der Waals surface area contributed by atoms with E-state index in [2.05, 4.69) is 10.3 Å². The SMILES string of the molecule is COc1ccc2[nH]c(=O)c(CN(Cc3ccc4c(c3)OCO4)C(=S)Nc3ccc(F)cc3)cc2c1. The number of halogens is 1. The zero-order valence-electron chi connectivity index (χ0n) is 18.8. The van der Waals surface area contributed by atoms with Crippen LogP contribution in [0.1, 0.15) is 11.1 Å². The van der Waals surface area contributed by atoms with E-state index in [1.54, 1.807) is 25.3 Å². The van der Waals surface area contributed by atoms with Crippen molar-refractivity contribution in [3.05, 3.63) is 94.0 Å². The first-order valence-corrected chi connectivity index (χ1v) is 11.3. The van der Waals surface area contributed by atoms with E-state index >= 15 is 0 Å². The number of hydrogen-bond acceptors (Lipinski definition) is 5. The summed E-state index contributed by atoms with van der Waals surface area (Å²) in [6.07, 6.45) is 0. The fourth-order valence-electron chi connectivity index (χ4n) is 3.87. The van der Waals surface area contributed by atoms with E-state index in [1.165, 1.54) is 12.1 Å². The first-order valence-electron chi connectivity index (χ1n) is 10.9. The Morgan fingerprint density at radius 2 is 1.86 bits per heavy atom. The molecule has 5 rings (SSSR count). The number of benzene rings is 3. The third kappa shape index (κ3) is 5.04. The molecule has 1 aliphatic rings. The molecule has 7 nitrogen and oxygen atoms in total. The van der Waals surface area contributed by atoms with Gasteiger partial charge in [-0.2, -0.15) is 0 Å². The van der Waals surface area contributed by atoms with E-state index in [4.69, 9.17) is 26.4 Å². The predicted octanol–water partition coefficient (Wildman–Crippen LogP) is 4.80. The highest BCUT2D eigenvalue weighted by Gasteiger charge is 2.18. The lowest BCUT2D eigenvalue weighted by molar-refractivity contribution is 0.174. The third-order valence-corrected chi connectivity index (χ3v) is 6.04. The fourth-order valence-corrected chi connectivity index (χ4v) is 4.12. The van der Waals surface area contributed by atoms with Gasteiger partial charge in [0.1, 0.15) is 11.6 Å². The summed E-state index contributed by atoms with van der Waals surface area (Å²) in [4.78, 5) is 17.7. The van der Waals surface area contributed by atoms with Crippen molar-refractivity contribution in [1.29, 1.82) is 0 Å². The summed E-state index contributed by atoms with van der Waals surface area (Å²) in [7, 11) is 1.60. The molecule has 2 heterocycles. The molecular weight excluding hydrogens is 469 g/mol. The smallest absolute Gasteiger partial charge is 0.253 e. The number of thiocarbonyl (C=S) groups is 1. The van der Waals surface area contributed by atoms with Gasteiger partial charge in [-0.15, -0.1) is 0 Å². The summed E-state index contributed by atoms with van der Waals surface area (Å²) in [6, 6.07) is 18.9. The van der Waals surface area contributed by atoms with Crippen molar-refractivity contribution in [3.63, 3.8) is 0 Å². The number of H-pyrrole nitrogens is 1. The van der Waals surface area contributed by atoms with E-state index < -0.39 is 0 Å². The van der Waals surface area contributed by atoms with Gasteiger partial charge in [0.2, 0.25) is 6.79 Å². The third-order valence-electron chi connectivity index (χ3n) is 5.68. The van der Waals surface area contributed by atoms with Gasteiger partial charge in [-0.1, -0.05) is 6.07 Å². The lowest BCUT2D eigenvalue weighted by Gasteiger charge is -2.26. The standard InChI is InChI=1S/C26H22FN3O4S/c1-32-21-7-8-22-17(12-21)11-18(25(31)29-22)14-30(26(35)28-20-5-3-19(27)4-6-20)13-16-2-9-23-24(10-16)34-15-33-23/h2-12H,13-15H2,1H3,(H,28,35)(H,29,31). The summed E-state index contributed by atoms with van der Waals surface area (Å²) in [5.74, 6) is 1.71. The molecule has 0 bridgehead atoms. The minimum absolute atomic E-state index is 0.183. The lowest BCUT2D eigenvalue weighted by Crippen LogP contribution is -2.35. The Bertz CT molecular complexity index is 1460. The largest absolute Gasteiger partial charge is 0.497 e. The molecule has 0 spiro atoms. The molecule has 0 radical (unpaired) electrons. The van der Waals surface area contributed by atoms with Crippen LogP contribution in [0, 0.1) is 5.82 Å². The Balaban J connectivity index is 1.46. The number of aromatic amines is 1. The first kappa shape index (κ1) is 22.7. The highest BCUT2D eigenvalue weighted by molar-refractivity contribution is 7.80. The number of fused-ring (bicyclic) bond motifs is 2. The van der Waals surface area contributed by atoms with Crippen LogP contribution in [0.4, 0.5) is 10.1 Å². The molecule has 1 aromatic heterocycles. The number of aromatic nitrogens is 1. The molecule has 9 heteroatoms. The van der Waals surface area contributed by atoms with Gasteiger partial charge in [-0.3, -0.25) is 4.79 Å². The average Bonchev–Trinajstić information content (AvgIpc) is 3.33. The fraction of sp³-hybridized carbons (Fsp3) is 0.154. The average molecular weight is 492 g/mol. The second-order valence-corrected chi connectivity index (χ2v) is 8.44. The van der Waals surface area contributed by atoms with Crippen LogP contribution in [0.3, 0.4) is 0 Å². The number of ether oxygens (including phenoxy) is 3. The van der Waals surface area contributed by atoms with Gasteiger partial charge in [0, 0.05) is 28.7 Å². The molecule has 1 aliphatic heterocycles. The van der Waals surface area contributed by atoms with Crippen molar-refractivity contribution in [2.24, 2.45) is 0 Å². The van der Waals surface area contributed by atoms with E-state index in [0.717, 1.165) is 10.9 Å². The number of pyridine rings is 1. The molecule has 0 fully saturated rings. The molecule has 0 atom stereocenters. The summed E-state index contributed by atoms with van der Waals surface area (Å²) in [5, 5.41) is 4.37. The molecule has 0 amide bonds. The summed E-state index contributed by atoms with van der Waals surface area (Å²) in [6.45, 7) is 0.826. The summed E-state index contributed by atoms with van der Waals surface area (Å²) < 4.78 is 29.6. The minimum atomic E-state index is -0.336. The molecule has 0 unspecified atom stereocenters. The number of nitrogens with one attached hydrogen (secondary N) is 2. The summed E-state index contributed by atoms with van der Waals surface area (Å²) in [5.41, 5.74) is 2.62. The van der Waals surface area contributed by atoms with Crippen LogP contribution in [0.15, 0.2) is 71.5 Å². The van der Waals surface area contributed by atoms with Gasteiger partial charge < -0.3 is 29.4 Å². The van der Waals surface area contributed by atoms with E-state index in [0.29, 0.717) is 45.7 Å². The monoisotopic (exact) mass is 491 g/mol. The van der Waals surface area contributed by atoms with E-state index in [1.807, 2.05) is 41.3 Å². The van der Waals surface area contributed by atoms with Gasteiger partial charge >= 0.3 is 0 Å². The molecule has 0 aliphatic carbocycles. The Hall–Kier alpha value is -4.11. The Morgan fingerprint density at radius 3 is 2.66 bits per heavy atom.